The monoisotopic (exact) mass is 289 g/mol. The molecule has 0 amide bonds. The largest absolute Gasteiger partial charge is 0.333 e. The first-order valence-corrected chi connectivity index (χ1v) is 8.50. The fourth-order valence-corrected chi connectivity index (χ4v) is 3.90. The Balaban J connectivity index is 1.57. The van der Waals surface area contributed by atoms with Crippen molar-refractivity contribution in [2.24, 2.45) is 0 Å². The highest BCUT2D eigenvalue weighted by Gasteiger charge is 2.18. The average molecular weight is 289 g/mol. The highest BCUT2D eigenvalue weighted by molar-refractivity contribution is 7.99. The summed E-state index contributed by atoms with van der Waals surface area (Å²) in [6, 6.07) is 7.15. The van der Waals surface area contributed by atoms with E-state index >= 15 is 0 Å². The van der Waals surface area contributed by atoms with Gasteiger partial charge in [-0.3, -0.25) is 0 Å². The van der Waals surface area contributed by atoms with Crippen LogP contribution in [-0.4, -0.2) is 40.3 Å². The number of hydrogen-bond acceptors (Lipinski definition) is 3. The third-order valence-electron chi connectivity index (χ3n) is 4.23. The number of thioether (sulfide) groups is 1. The first-order chi connectivity index (χ1) is 9.72. The number of fused-ring (bicyclic) bond motifs is 1. The van der Waals surface area contributed by atoms with E-state index in [0.29, 0.717) is 0 Å². The molecule has 1 aliphatic heterocycles. The second-order valence-corrected chi connectivity index (χ2v) is 6.91. The van der Waals surface area contributed by atoms with E-state index in [1.165, 1.54) is 37.8 Å². The number of hydrogen-bond donors (Lipinski definition) is 1. The van der Waals surface area contributed by atoms with Gasteiger partial charge in [0.2, 0.25) is 0 Å². The van der Waals surface area contributed by atoms with Gasteiger partial charge in [-0.05, 0) is 57.5 Å². The van der Waals surface area contributed by atoms with E-state index in [-0.39, 0.29) is 0 Å². The van der Waals surface area contributed by atoms with Crippen molar-refractivity contribution in [1.29, 1.82) is 0 Å². The second-order valence-electron chi connectivity index (χ2n) is 5.83. The van der Waals surface area contributed by atoms with Crippen LogP contribution >= 0.6 is 11.8 Å². The van der Waals surface area contributed by atoms with Gasteiger partial charge in [-0.1, -0.05) is 24.2 Å². The van der Waals surface area contributed by atoms with E-state index in [4.69, 9.17) is 0 Å². The standard InChI is InChI=1S/C16H23N3S/c1-12-6-7-14-15(11-12)18-16(17-14)20-10-8-13-5-3-4-9-19(13)2/h6-7,11,13H,3-5,8-10H2,1-2H3,(H,17,18). The van der Waals surface area contributed by atoms with Crippen LogP contribution in [0.15, 0.2) is 23.4 Å². The normalized spacial score (nSPS) is 20.6. The molecule has 3 rings (SSSR count). The minimum absolute atomic E-state index is 0.767. The lowest BCUT2D eigenvalue weighted by atomic mass is 10.0. The van der Waals surface area contributed by atoms with Gasteiger partial charge in [0.15, 0.2) is 5.16 Å². The molecule has 1 aliphatic rings. The maximum absolute atomic E-state index is 4.65. The van der Waals surface area contributed by atoms with Crippen molar-refractivity contribution in [3.8, 4) is 0 Å². The number of imidazole rings is 1. The Morgan fingerprint density at radius 3 is 3.15 bits per heavy atom. The van der Waals surface area contributed by atoms with E-state index < -0.39 is 0 Å². The van der Waals surface area contributed by atoms with Crippen LogP contribution in [-0.2, 0) is 0 Å². The predicted octanol–water partition coefficient (Wildman–Crippen LogP) is 3.84. The number of likely N-dealkylation sites (tertiary alicyclic amines) is 1. The molecule has 1 aromatic carbocycles. The van der Waals surface area contributed by atoms with Gasteiger partial charge in [0.05, 0.1) is 11.0 Å². The van der Waals surface area contributed by atoms with E-state index in [9.17, 15) is 0 Å². The molecule has 3 nitrogen and oxygen atoms in total. The van der Waals surface area contributed by atoms with Gasteiger partial charge in [0.1, 0.15) is 0 Å². The molecular weight excluding hydrogens is 266 g/mol. The Bertz CT molecular complexity index is 578. The summed E-state index contributed by atoms with van der Waals surface area (Å²) in [5.41, 5.74) is 3.51. The summed E-state index contributed by atoms with van der Waals surface area (Å²) in [5.74, 6) is 1.15. The van der Waals surface area contributed by atoms with Crippen molar-refractivity contribution in [1.82, 2.24) is 14.9 Å². The lowest BCUT2D eigenvalue weighted by molar-refractivity contribution is 0.182. The molecule has 0 aliphatic carbocycles. The summed E-state index contributed by atoms with van der Waals surface area (Å²) in [6.07, 6.45) is 5.38. The van der Waals surface area contributed by atoms with Crippen molar-refractivity contribution in [3.05, 3.63) is 23.8 Å². The fraction of sp³-hybridized carbons (Fsp3) is 0.562. The van der Waals surface area contributed by atoms with Gasteiger partial charge in [0.25, 0.3) is 0 Å². The molecule has 1 N–H and O–H groups in total. The van der Waals surface area contributed by atoms with Gasteiger partial charge in [0, 0.05) is 11.8 Å². The van der Waals surface area contributed by atoms with Gasteiger partial charge < -0.3 is 9.88 Å². The number of aryl methyl sites for hydroxylation is 1. The molecule has 4 heteroatoms. The summed E-state index contributed by atoms with van der Waals surface area (Å²) < 4.78 is 0. The molecule has 108 valence electrons. The molecule has 1 aromatic heterocycles. The molecule has 1 atom stereocenters. The SMILES string of the molecule is Cc1ccc2nc(SCCC3CCCCN3C)[nH]c2c1. The summed E-state index contributed by atoms with van der Waals surface area (Å²) in [6.45, 7) is 3.38. The zero-order chi connectivity index (χ0) is 13.9. The van der Waals surface area contributed by atoms with Crippen LogP contribution < -0.4 is 0 Å². The second kappa shape index (κ2) is 6.19. The molecule has 0 bridgehead atoms. The number of rotatable bonds is 4. The fourth-order valence-electron chi connectivity index (χ4n) is 2.97. The minimum Gasteiger partial charge on any atom is -0.333 e. The molecule has 2 heterocycles. The van der Waals surface area contributed by atoms with E-state index in [2.05, 4.69) is 47.0 Å². The molecule has 0 spiro atoms. The van der Waals surface area contributed by atoms with Crippen LogP contribution in [0.2, 0.25) is 0 Å². The van der Waals surface area contributed by atoms with Crippen LogP contribution in [0.5, 0.6) is 0 Å². The van der Waals surface area contributed by atoms with Gasteiger partial charge in [-0.2, -0.15) is 0 Å². The highest BCUT2D eigenvalue weighted by Crippen LogP contribution is 2.24. The third kappa shape index (κ3) is 3.18. The molecule has 0 saturated carbocycles. The maximum atomic E-state index is 4.65. The van der Waals surface area contributed by atoms with Crippen LogP contribution in [0.25, 0.3) is 11.0 Å². The maximum Gasteiger partial charge on any atom is 0.166 e. The first-order valence-electron chi connectivity index (χ1n) is 7.52. The summed E-state index contributed by atoms with van der Waals surface area (Å²) >= 11 is 1.85. The molecule has 2 aromatic rings. The highest BCUT2D eigenvalue weighted by atomic mass is 32.2. The quantitative estimate of drug-likeness (QED) is 0.868. The van der Waals surface area contributed by atoms with Crippen LogP contribution in [0.4, 0.5) is 0 Å². The number of nitrogens with one attached hydrogen (secondary N) is 1. The minimum atomic E-state index is 0.767. The van der Waals surface area contributed by atoms with Gasteiger partial charge >= 0.3 is 0 Å². The molecule has 1 fully saturated rings. The van der Waals surface area contributed by atoms with Crippen molar-refractivity contribution in [2.75, 3.05) is 19.3 Å². The average Bonchev–Trinajstić information content (AvgIpc) is 2.83. The lowest BCUT2D eigenvalue weighted by Gasteiger charge is -2.32. The Labute approximate surface area is 125 Å². The van der Waals surface area contributed by atoms with Crippen LogP contribution in [0.3, 0.4) is 0 Å². The number of piperidine rings is 1. The van der Waals surface area contributed by atoms with Crippen molar-refractivity contribution in [2.45, 2.75) is 43.8 Å². The molecule has 20 heavy (non-hydrogen) atoms. The zero-order valence-corrected chi connectivity index (χ0v) is 13.2. The Hall–Kier alpha value is -1.00. The Morgan fingerprint density at radius 2 is 2.30 bits per heavy atom. The smallest absolute Gasteiger partial charge is 0.166 e. The van der Waals surface area contributed by atoms with Crippen molar-refractivity contribution in [3.63, 3.8) is 0 Å². The van der Waals surface area contributed by atoms with Crippen LogP contribution in [0.1, 0.15) is 31.2 Å². The van der Waals surface area contributed by atoms with E-state index in [1.807, 2.05) is 11.8 Å². The summed E-state index contributed by atoms with van der Waals surface area (Å²) in [4.78, 5) is 10.6. The summed E-state index contributed by atoms with van der Waals surface area (Å²) in [7, 11) is 2.26. The molecular formula is C16H23N3S. The van der Waals surface area contributed by atoms with E-state index in [0.717, 1.165) is 28.0 Å². The predicted molar refractivity (Wildman–Crippen MR) is 86.4 cm³/mol. The molecule has 1 unspecified atom stereocenters. The number of nitrogens with zero attached hydrogens (tertiary/aromatic N) is 2. The van der Waals surface area contributed by atoms with Crippen molar-refractivity contribution < 1.29 is 0 Å². The zero-order valence-electron chi connectivity index (χ0n) is 12.4. The molecule has 0 radical (unpaired) electrons. The summed E-state index contributed by atoms with van der Waals surface area (Å²) in [5, 5.41) is 1.06. The number of H-pyrrole nitrogens is 1. The lowest BCUT2D eigenvalue weighted by Crippen LogP contribution is -2.36. The Morgan fingerprint density at radius 1 is 1.40 bits per heavy atom. The Kier molecular flexibility index (Phi) is 4.32. The van der Waals surface area contributed by atoms with Gasteiger partial charge in [-0.25, -0.2) is 4.98 Å². The third-order valence-corrected chi connectivity index (χ3v) is 5.13. The molecule has 1 saturated heterocycles. The topological polar surface area (TPSA) is 31.9 Å². The first kappa shape index (κ1) is 14.0. The van der Waals surface area contributed by atoms with Gasteiger partial charge in [-0.15, -0.1) is 0 Å². The number of aromatic nitrogens is 2. The number of benzene rings is 1. The van der Waals surface area contributed by atoms with E-state index in [1.54, 1.807) is 0 Å². The van der Waals surface area contributed by atoms with Crippen molar-refractivity contribution >= 4 is 22.8 Å². The van der Waals surface area contributed by atoms with Crippen LogP contribution in [0, 0.1) is 6.92 Å². The number of aromatic amines is 1.